The molecule has 1 aliphatic rings. The Bertz CT molecular complexity index is 932. The van der Waals surface area contributed by atoms with E-state index in [2.05, 4.69) is 10.3 Å². The van der Waals surface area contributed by atoms with Gasteiger partial charge in [-0.05, 0) is 30.2 Å². The number of nitrogens with one attached hydrogen (secondary N) is 1. The zero-order chi connectivity index (χ0) is 21.0. The van der Waals surface area contributed by atoms with Gasteiger partial charge in [0, 0.05) is 18.2 Å². The van der Waals surface area contributed by atoms with Gasteiger partial charge in [-0.3, -0.25) is 9.79 Å². The number of methoxy groups -OCH3 is 1. The van der Waals surface area contributed by atoms with Crippen LogP contribution in [0.5, 0.6) is 0 Å². The molecule has 0 radical (unpaired) electrons. The summed E-state index contributed by atoms with van der Waals surface area (Å²) in [5.41, 5.74) is -0.0658. The second-order valence-electron chi connectivity index (χ2n) is 6.86. The molecular formula is C21H20F2N2O3S. The summed E-state index contributed by atoms with van der Waals surface area (Å²) in [6, 6.07) is 11.1. The largest absolute Gasteiger partial charge is 0.467 e. The molecule has 8 heteroatoms. The highest BCUT2D eigenvalue weighted by atomic mass is 32.2. The molecule has 29 heavy (non-hydrogen) atoms. The Morgan fingerprint density at radius 1 is 1.21 bits per heavy atom. The fourth-order valence-electron chi connectivity index (χ4n) is 2.99. The van der Waals surface area contributed by atoms with Crippen molar-refractivity contribution < 1.29 is 23.1 Å². The third-order valence-electron chi connectivity index (χ3n) is 4.50. The number of thioether (sulfide) groups is 1. The molecule has 1 aliphatic heterocycles. The Morgan fingerprint density at radius 3 is 2.48 bits per heavy atom. The molecule has 1 N–H and O–H groups in total. The molecule has 1 heterocycles. The maximum absolute atomic E-state index is 13.4. The molecule has 2 aromatic carbocycles. The number of ether oxygens (including phenoxy) is 1. The number of amides is 1. The third-order valence-corrected chi connectivity index (χ3v) is 5.78. The van der Waals surface area contributed by atoms with Gasteiger partial charge in [0.05, 0.1) is 12.2 Å². The van der Waals surface area contributed by atoms with Gasteiger partial charge < -0.3 is 10.1 Å². The molecule has 5 nitrogen and oxygen atoms in total. The van der Waals surface area contributed by atoms with Crippen molar-refractivity contribution in [3.63, 3.8) is 0 Å². The first kappa shape index (κ1) is 21.0. The van der Waals surface area contributed by atoms with E-state index in [0.29, 0.717) is 21.9 Å². The highest BCUT2D eigenvalue weighted by molar-refractivity contribution is 8.14. The number of nitrogens with zero attached hydrogens (tertiary/aromatic N) is 1. The van der Waals surface area contributed by atoms with Gasteiger partial charge in [-0.25, -0.2) is 13.6 Å². The fourth-order valence-corrected chi connectivity index (χ4v) is 4.16. The lowest BCUT2D eigenvalue weighted by Crippen LogP contribution is -2.47. The maximum atomic E-state index is 13.4. The third kappa shape index (κ3) is 5.00. The van der Waals surface area contributed by atoms with Gasteiger partial charge in [0.25, 0.3) is 0 Å². The zero-order valence-electron chi connectivity index (χ0n) is 15.9. The Kier molecular flexibility index (Phi) is 6.32. The quantitative estimate of drug-likeness (QED) is 0.730. The average Bonchev–Trinajstić information content (AvgIpc) is 3.07. The van der Waals surface area contributed by atoms with Crippen LogP contribution in [-0.4, -0.2) is 35.3 Å². The Hall–Kier alpha value is -2.74. The topological polar surface area (TPSA) is 67.8 Å². The second kappa shape index (κ2) is 8.73. The molecular weight excluding hydrogens is 398 g/mol. The van der Waals surface area contributed by atoms with Crippen molar-refractivity contribution in [2.45, 2.75) is 24.9 Å². The van der Waals surface area contributed by atoms with E-state index in [0.717, 1.165) is 6.07 Å². The summed E-state index contributed by atoms with van der Waals surface area (Å²) in [4.78, 5) is 29.6. The first-order valence-electron chi connectivity index (χ1n) is 8.91. The number of carbonyl (C=O) groups is 2. The normalized spacial score (nSPS) is 19.4. The van der Waals surface area contributed by atoms with Gasteiger partial charge in [0.1, 0.15) is 17.2 Å². The highest BCUT2D eigenvalue weighted by Crippen LogP contribution is 2.31. The standard InChI is InChI=1S/C21H20F2N2O3S/c1-21(12-29-17(25-21)10-13-8-15(22)11-16(23)9-13)20(27)24-18(19(26)28-2)14-6-4-3-5-7-14/h3-9,11,18H,10,12H2,1-2H3,(H,24,27)/t18-,21-/m0/s1. The molecule has 0 saturated carbocycles. The van der Waals surface area contributed by atoms with Gasteiger partial charge in [0.2, 0.25) is 5.91 Å². The summed E-state index contributed by atoms with van der Waals surface area (Å²) in [5, 5.41) is 3.31. The summed E-state index contributed by atoms with van der Waals surface area (Å²) in [7, 11) is 1.26. The van der Waals surface area contributed by atoms with E-state index in [1.807, 2.05) is 0 Å². The molecule has 0 unspecified atom stereocenters. The van der Waals surface area contributed by atoms with Gasteiger partial charge in [-0.1, -0.05) is 30.3 Å². The van der Waals surface area contributed by atoms with Crippen molar-refractivity contribution in [3.05, 3.63) is 71.3 Å². The lowest BCUT2D eigenvalue weighted by molar-refractivity contribution is -0.145. The minimum Gasteiger partial charge on any atom is -0.467 e. The molecule has 0 aromatic heterocycles. The van der Waals surface area contributed by atoms with Gasteiger partial charge >= 0.3 is 5.97 Å². The Morgan fingerprint density at radius 2 is 1.86 bits per heavy atom. The first-order valence-corrected chi connectivity index (χ1v) is 9.89. The van der Waals surface area contributed by atoms with Crippen LogP contribution in [0.4, 0.5) is 8.78 Å². The molecule has 2 atom stereocenters. The Labute approximate surface area is 171 Å². The van der Waals surface area contributed by atoms with Crippen molar-refractivity contribution in [2.24, 2.45) is 4.99 Å². The summed E-state index contributed by atoms with van der Waals surface area (Å²) in [6.45, 7) is 1.66. The zero-order valence-corrected chi connectivity index (χ0v) is 16.8. The van der Waals surface area contributed by atoms with E-state index in [9.17, 15) is 18.4 Å². The molecule has 3 rings (SSSR count). The van der Waals surface area contributed by atoms with Crippen molar-refractivity contribution >= 4 is 28.7 Å². The number of halogens is 2. The van der Waals surface area contributed by atoms with E-state index in [4.69, 9.17) is 4.74 Å². The number of hydrogen-bond acceptors (Lipinski definition) is 5. The minimum absolute atomic E-state index is 0.224. The minimum atomic E-state index is -1.10. The SMILES string of the molecule is COC(=O)[C@@H](NC(=O)[C@]1(C)CSC(Cc2cc(F)cc(F)c2)=N1)c1ccccc1. The smallest absolute Gasteiger partial charge is 0.333 e. The van der Waals surface area contributed by atoms with E-state index in [1.165, 1.54) is 31.0 Å². The molecule has 2 aromatic rings. The van der Waals surface area contributed by atoms with E-state index in [-0.39, 0.29) is 6.42 Å². The molecule has 0 aliphatic carbocycles. The van der Waals surface area contributed by atoms with Crippen molar-refractivity contribution in [2.75, 3.05) is 12.9 Å². The second-order valence-corrected chi connectivity index (χ2v) is 7.91. The molecule has 152 valence electrons. The van der Waals surface area contributed by atoms with Crippen LogP contribution in [0.3, 0.4) is 0 Å². The monoisotopic (exact) mass is 418 g/mol. The van der Waals surface area contributed by atoms with Gasteiger partial charge in [-0.15, -0.1) is 11.8 Å². The van der Waals surface area contributed by atoms with Crippen LogP contribution in [0, 0.1) is 11.6 Å². The van der Waals surface area contributed by atoms with Crippen LogP contribution in [0.25, 0.3) is 0 Å². The van der Waals surface area contributed by atoms with E-state index < -0.39 is 35.1 Å². The average molecular weight is 418 g/mol. The van der Waals surface area contributed by atoms with E-state index in [1.54, 1.807) is 37.3 Å². The number of esters is 1. The Balaban J connectivity index is 1.76. The van der Waals surface area contributed by atoms with Crippen LogP contribution < -0.4 is 5.32 Å². The lowest BCUT2D eigenvalue weighted by Gasteiger charge is -2.23. The van der Waals surface area contributed by atoms with Crippen LogP contribution >= 0.6 is 11.8 Å². The van der Waals surface area contributed by atoms with Crippen LogP contribution in [-0.2, 0) is 20.7 Å². The maximum Gasteiger partial charge on any atom is 0.333 e. The molecule has 0 fully saturated rings. The van der Waals surface area contributed by atoms with Crippen LogP contribution in [0.2, 0.25) is 0 Å². The van der Waals surface area contributed by atoms with Gasteiger partial charge in [0.15, 0.2) is 6.04 Å². The number of rotatable bonds is 6. The molecule has 0 saturated heterocycles. The predicted octanol–water partition coefficient (Wildman–Crippen LogP) is 3.44. The summed E-state index contributed by atoms with van der Waals surface area (Å²) in [5.74, 6) is -1.97. The number of hydrogen-bond donors (Lipinski definition) is 1. The highest BCUT2D eigenvalue weighted by Gasteiger charge is 2.40. The lowest BCUT2D eigenvalue weighted by atomic mass is 10.0. The fraction of sp³-hybridized carbons (Fsp3) is 0.286. The molecule has 1 amide bonds. The van der Waals surface area contributed by atoms with Crippen molar-refractivity contribution in [3.8, 4) is 0 Å². The van der Waals surface area contributed by atoms with E-state index >= 15 is 0 Å². The number of carbonyl (C=O) groups excluding carboxylic acids is 2. The number of benzene rings is 2. The number of aliphatic imine (C=N–C) groups is 1. The molecule has 0 bridgehead atoms. The van der Waals surface area contributed by atoms with Crippen molar-refractivity contribution in [1.82, 2.24) is 5.32 Å². The summed E-state index contributed by atoms with van der Waals surface area (Å²) in [6.07, 6.45) is 0.224. The summed E-state index contributed by atoms with van der Waals surface area (Å²) < 4.78 is 31.6. The first-order chi connectivity index (χ1) is 13.8. The van der Waals surface area contributed by atoms with Crippen molar-refractivity contribution in [1.29, 1.82) is 0 Å². The van der Waals surface area contributed by atoms with Gasteiger partial charge in [-0.2, -0.15) is 0 Å². The van der Waals surface area contributed by atoms with Crippen LogP contribution in [0.15, 0.2) is 53.5 Å². The summed E-state index contributed by atoms with van der Waals surface area (Å²) >= 11 is 1.35. The predicted molar refractivity (Wildman–Crippen MR) is 108 cm³/mol. The van der Waals surface area contributed by atoms with Crippen LogP contribution in [0.1, 0.15) is 24.1 Å². The molecule has 0 spiro atoms.